The monoisotopic (exact) mass is 330 g/mol. The van der Waals surface area contributed by atoms with Crippen molar-refractivity contribution in [2.45, 2.75) is 51.5 Å². The SMILES string of the molecule is CCC1CCC(NC(=O)c2ccc3nnc(C)n3c2)(C(=O)O)CC1. The number of rotatable bonds is 4. The first kappa shape index (κ1) is 16.4. The lowest BCUT2D eigenvalue weighted by molar-refractivity contribution is -0.146. The molecule has 1 saturated carbocycles. The minimum absolute atomic E-state index is 0.373. The van der Waals surface area contributed by atoms with Gasteiger partial charge in [0.15, 0.2) is 5.65 Å². The number of aliphatic carboxylic acids is 1. The van der Waals surface area contributed by atoms with Crippen LogP contribution < -0.4 is 5.32 Å². The first-order valence-corrected chi connectivity index (χ1v) is 8.32. The summed E-state index contributed by atoms with van der Waals surface area (Å²) in [5.41, 5.74) is -0.107. The first-order chi connectivity index (χ1) is 11.4. The van der Waals surface area contributed by atoms with E-state index >= 15 is 0 Å². The lowest BCUT2D eigenvalue weighted by Crippen LogP contribution is -2.56. The summed E-state index contributed by atoms with van der Waals surface area (Å²) in [5.74, 6) is -0.101. The number of amides is 1. The van der Waals surface area contributed by atoms with E-state index in [4.69, 9.17) is 0 Å². The van der Waals surface area contributed by atoms with Crippen molar-refractivity contribution >= 4 is 17.5 Å². The van der Waals surface area contributed by atoms with E-state index in [1.807, 2.05) is 0 Å². The van der Waals surface area contributed by atoms with Gasteiger partial charge in [0.2, 0.25) is 0 Å². The highest BCUT2D eigenvalue weighted by atomic mass is 16.4. The fraction of sp³-hybridized carbons (Fsp3) is 0.529. The normalized spacial score (nSPS) is 24.0. The number of aryl methyl sites for hydroxylation is 1. The van der Waals surface area contributed by atoms with Crippen LogP contribution in [0, 0.1) is 12.8 Å². The number of carbonyl (C=O) groups is 2. The zero-order valence-corrected chi connectivity index (χ0v) is 14.0. The summed E-state index contributed by atoms with van der Waals surface area (Å²) in [7, 11) is 0. The van der Waals surface area contributed by atoms with Crippen LogP contribution in [-0.4, -0.2) is 37.1 Å². The fourth-order valence-electron chi connectivity index (χ4n) is 3.40. The van der Waals surface area contributed by atoms with Crippen molar-refractivity contribution < 1.29 is 14.7 Å². The Hall–Kier alpha value is -2.44. The summed E-state index contributed by atoms with van der Waals surface area (Å²) < 4.78 is 1.72. The van der Waals surface area contributed by atoms with Gasteiger partial charge in [0.05, 0.1) is 5.56 Å². The smallest absolute Gasteiger partial charge is 0.329 e. The highest BCUT2D eigenvalue weighted by molar-refractivity contribution is 5.97. The molecule has 2 heterocycles. The van der Waals surface area contributed by atoms with Gasteiger partial charge in [-0.15, -0.1) is 10.2 Å². The molecule has 2 aromatic heterocycles. The van der Waals surface area contributed by atoms with Gasteiger partial charge in [-0.1, -0.05) is 13.3 Å². The number of carboxylic acids is 1. The van der Waals surface area contributed by atoms with Gasteiger partial charge in [0.25, 0.3) is 5.91 Å². The van der Waals surface area contributed by atoms with Crippen LogP contribution in [0.3, 0.4) is 0 Å². The molecular formula is C17H22N4O3. The van der Waals surface area contributed by atoms with Crippen LogP contribution in [0.15, 0.2) is 18.3 Å². The first-order valence-electron chi connectivity index (χ1n) is 8.32. The molecule has 1 fully saturated rings. The van der Waals surface area contributed by atoms with Gasteiger partial charge in [0, 0.05) is 6.20 Å². The van der Waals surface area contributed by atoms with Crippen LogP contribution in [0.4, 0.5) is 0 Å². The molecular weight excluding hydrogens is 308 g/mol. The van der Waals surface area contributed by atoms with Crippen molar-refractivity contribution in [1.29, 1.82) is 0 Å². The summed E-state index contributed by atoms with van der Waals surface area (Å²) in [6, 6.07) is 3.35. The van der Waals surface area contributed by atoms with Crippen LogP contribution in [-0.2, 0) is 4.79 Å². The molecule has 2 N–H and O–H groups in total. The van der Waals surface area contributed by atoms with Gasteiger partial charge in [-0.25, -0.2) is 4.79 Å². The zero-order valence-electron chi connectivity index (χ0n) is 14.0. The second kappa shape index (κ2) is 6.22. The number of aromatic nitrogens is 3. The summed E-state index contributed by atoms with van der Waals surface area (Å²) in [6.07, 6.45) is 5.29. The number of carbonyl (C=O) groups excluding carboxylic acids is 1. The molecule has 0 saturated heterocycles. The molecule has 1 aliphatic rings. The molecule has 2 aromatic rings. The largest absolute Gasteiger partial charge is 0.480 e. The molecule has 7 heteroatoms. The number of hydrogen-bond acceptors (Lipinski definition) is 4. The molecule has 1 amide bonds. The highest BCUT2D eigenvalue weighted by Crippen LogP contribution is 2.34. The maximum atomic E-state index is 12.6. The molecule has 0 spiro atoms. The summed E-state index contributed by atoms with van der Waals surface area (Å²) >= 11 is 0. The summed E-state index contributed by atoms with van der Waals surface area (Å²) in [4.78, 5) is 24.4. The number of nitrogens with one attached hydrogen (secondary N) is 1. The molecule has 0 aromatic carbocycles. The van der Waals surface area contributed by atoms with Crippen LogP contribution in [0.2, 0.25) is 0 Å². The predicted molar refractivity (Wildman–Crippen MR) is 87.8 cm³/mol. The summed E-state index contributed by atoms with van der Waals surface area (Å²) in [5, 5.41) is 20.4. The number of fused-ring (bicyclic) bond motifs is 1. The quantitative estimate of drug-likeness (QED) is 0.896. The van der Waals surface area contributed by atoms with E-state index in [-0.39, 0.29) is 5.91 Å². The Morgan fingerprint density at radius 1 is 1.33 bits per heavy atom. The summed E-state index contributed by atoms with van der Waals surface area (Å²) in [6.45, 7) is 3.92. The maximum absolute atomic E-state index is 12.6. The van der Waals surface area contributed by atoms with Crippen molar-refractivity contribution in [3.05, 3.63) is 29.7 Å². The second-order valence-corrected chi connectivity index (χ2v) is 6.59. The number of carboxylic acid groups (broad SMARTS) is 1. The van der Waals surface area contributed by atoms with Crippen LogP contribution in [0.25, 0.3) is 5.65 Å². The molecule has 0 bridgehead atoms. The van der Waals surface area contributed by atoms with E-state index in [0.29, 0.717) is 35.8 Å². The van der Waals surface area contributed by atoms with Crippen molar-refractivity contribution in [3.63, 3.8) is 0 Å². The average molecular weight is 330 g/mol. The Labute approximate surface area is 140 Å². The van der Waals surface area contributed by atoms with Gasteiger partial charge in [-0.2, -0.15) is 0 Å². The number of hydrogen-bond donors (Lipinski definition) is 2. The van der Waals surface area contributed by atoms with Gasteiger partial charge in [-0.3, -0.25) is 9.20 Å². The maximum Gasteiger partial charge on any atom is 0.329 e. The van der Waals surface area contributed by atoms with Gasteiger partial charge in [-0.05, 0) is 50.7 Å². The van der Waals surface area contributed by atoms with Crippen LogP contribution >= 0.6 is 0 Å². The lowest BCUT2D eigenvalue weighted by atomic mass is 9.75. The second-order valence-electron chi connectivity index (χ2n) is 6.59. The van der Waals surface area contributed by atoms with E-state index in [9.17, 15) is 14.7 Å². The van der Waals surface area contributed by atoms with Crippen molar-refractivity contribution in [2.24, 2.45) is 5.92 Å². The average Bonchev–Trinajstić information content (AvgIpc) is 2.96. The third-order valence-electron chi connectivity index (χ3n) is 5.13. The third kappa shape index (κ3) is 2.86. The van der Waals surface area contributed by atoms with Gasteiger partial charge in [0.1, 0.15) is 11.4 Å². The Kier molecular flexibility index (Phi) is 4.26. The van der Waals surface area contributed by atoms with E-state index in [2.05, 4.69) is 22.4 Å². The minimum Gasteiger partial charge on any atom is -0.480 e. The molecule has 0 radical (unpaired) electrons. The Bertz CT molecular complexity index is 775. The van der Waals surface area contributed by atoms with Crippen LogP contribution in [0.1, 0.15) is 55.2 Å². The molecule has 7 nitrogen and oxygen atoms in total. The number of nitrogens with zero attached hydrogens (tertiary/aromatic N) is 3. The molecule has 0 unspecified atom stereocenters. The number of pyridine rings is 1. The molecule has 3 rings (SSSR count). The Morgan fingerprint density at radius 3 is 2.67 bits per heavy atom. The fourth-order valence-corrected chi connectivity index (χ4v) is 3.40. The topological polar surface area (TPSA) is 96.6 Å². The Morgan fingerprint density at radius 2 is 2.04 bits per heavy atom. The lowest BCUT2D eigenvalue weighted by Gasteiger charge is -2.37. The standard InChI is InChI=1S/C17H22N4O3/c1-3-12-6-8-17(9-7-12,16(23)24)18-15(22)13-4-5-14-20-19-11(2)21(14)10-13/h4-5,10,12H,3,6-9H2,1-2H3,(H,18,22)(H,23,24). The minimum atomic E-state index is -1.17. The van der Waals surface area contributed by atoms with Crippen molar-refractivity contribution in [1.82, 2.24) is 19.9 Å². The zero-order chi connectivity index (χ0) is 17.3. The third-order valence-corrected chi connectivity index (χ3v) is 5.13. The van der Waals surface area contributed by atoms with Crippen molar-refractivity contribution in [2.75, 3.05) is 0 Å². The van der Waals surface area contributed by atoms with E-state index in [0.717, 1.165) is 19.3 Å². The molecule has 128 valence electrons. The van der Waals surface area contributed by atoms with Gasteiger partial charge < -0.3 is 10.4 Å². The molecule has 0 atom stereocenters. The van der Waals surface area contributed by atoms with Crippen LogP contribution in [0.5, 0.6) is 0 Å². The van der Waals surface area contributed by atoms with E-state index in [1.165, 1.54) is 0 Å². The molecule has 1 aliphatic carbocycles. The van der Waals surface area contributed by atoms with E-state index in [1.54, 1.807) is 29.7 Å². The Balaban J connectivity index is 1.82. The molecule has 24 heavy (non-hydrogen) atoms. The highest BCUT2D eigenvalue weighted by Gasteiger charge is 2.43. The van der Waals surface area contributed by atoms with Gasteiger partial charge >= 0.3 is 5.97 Å². The van der Waals surface area contributed by atoms with E-state index < -0.39 is 11.5 Å². The predicted octanol–water partition coefficient (Wildman–Crippen LogP) is 2.19. The van der Waals surface area contributed by atoms with Crippen molar-refractivity contribution in [3.8, 4) is 0 Å². The molecule has 0 aliphatic heterocycles.